The summed E-state index contributed by atoms with van der Waals surface area (Å²) in [5.41, 5.74) is 11.6. The van der Waals surface area contributed by atoms with Crippen molar-refractivity contribution < 1.29 is 0 Å². The number of rotatable bonds is 6. The van der Waals surface area contributed by atoms with Crippen molar-refractivity contribution in [3.63, 3.8) is 0 Å². The molecule has 0 unspecified atom stereocenters. The maximum absolute atomic E-state index is 2.42. The first kappa shape index (κ1) is 34.1. The van der Waals surface area contributed by atoms with Gasteiger partial charge in [0.05, 0.1) is 16.7 Å². The molecule has 0 amide bonds. The van der Waals surface area contributed by atoms with E-state index in [9.17, 15) is 0 Å². The van der Waals surface area contributed by atoms with Gasteiger partial charge >= 0.3 is 0 Å². The molecular formula is C58H38N2. The van der Waals surface area contributed by atoms with Gasteiger partial charge in [-0.05, 0) is 120 Å². The monoisotopic (exact) mass is 762 g/mol. The number of hydrogen-bond donors (Lipinski definition) is 0. The first-order chi connectivity index (χ1) is 29.8. The lowest BCUT2D eigenvalue weighted by molar-refractivity contribution is 1.18. The molecule has 0 spiro atoms. The van der Waals surface area contributed by atoms with Crippen LogP contribution in [0, 0.1) is 0 Å². The number of aromatic nitrogens is 1. The van der Waals surface area contributed by atoms with Crippen molar-refractivity contribution in [2.45, 2.75) is 0 Å². The van der Waals surface area contributed by atoms with E-state index in [1.54, 1.807) is 0 Å². The van der Waals surface area contributed by atoms with E-state index in [4.69, 9.17) is 0 Å². The number of nitrogens with zero attached hydrogens (tertiary/aromatic N) is 2. The predicted molar refractivity (Wildman–Crippen MR) is 256 cm³/mol. The Morgan fingerprint density at radius 1 is 0.267 bits per heavy atom. The summed E-state index contributed by atoms with van der Waals surface area (Å²) < 4.78 is 2.42. The molecule has 0 radical (unpaired) electrons. The second-order valence-electron chi connectivity index (χ2n) is 15.7. The molecule has 11 aromatic carbocycles. The molecule has 0 saturated carbocycles. The van der Waals surface area contributed by atoms with Crippen molar-refractivity contribution in [2.24, 2.45) is 0 Å². The van der Waals surface area contributed by atoms with Crippen molar-refractivity contribution in [2.75, 3.05) is 4.90 Å². The smallest absolute Gasteiger partial charge is 0.0541 e. The Bertz CT molecular complexity index is 3520. The van der Waals surface area contributed by atoms with E-state index in [1.165, 1.54) is 81.6 Å². The van der Waals surface area contributed by atoms with Crippen LogP contribution in [-0.2, 0) is 0 Å². The van der Waals surface area contributed by atoms with Gasteiger partial charge in [-0.2, -0.15) is 0 Å². The van der Waals surface area contributed by atoms with Crippen molar-refractivity contribution in [1.29, 1.82) is 0 Å². The van der Waals surface area contributed by atoms with E-state index in [0.717, 1.165) is 28.3 Å². The normalized spacial score (nSPS) is 11.7. The molecule has 1 heterocycles. The largest absolute Gasteiger partial charge is 0.310 e. The van der Waals surface area contributed by atoms with E-state index < -0.39 is 0 Å². The van der Waals surface area contributed by atoms with Crippen LogP contribution in [0.4, 0.5) is 17.1 Å². The molecule has 0 aliphatic rings. The summed E-state index contributed by atoms with van der Waals surface area (Å²) in [4.78, 5) is 2.41. The van der Waals surface area contributed by atoms with Crippen LogP contribution in [0.3, 0.4) is 0 Å². The third kappa shape index (κ3) is 5.50. The van der Waals surface area contributed by atoms with Crippen molar-refractivity contribution in [3.8, 4) is 27.9 Å². The van der Waals surface area contributed by atoms with Crippen LogP contribution in [0.15, 0.2) is 231 Å². The third-order valence-electron chi connectivity index (χ3n) is 12.3. The minimum atomic E-state index is 1.09. The van der Waals surface area contributed by atoms with Crippen molar-refractivity contribution in [1.82, 2.24) is 4.57 Å². The van der Waals surface area contributed by atoms with E-state index in [2.05, 4.69) is 240 Å². The summed E-state index contributed by atoms with van der Waals surface area (Å²) in [7, 11) is 0. The highest BCUT2D eigenvalue weighted by atomic mass is 15.1. The third-order valence-corrected chi connectivity index (χ3v) is 12.3. The Morgan fingerprint density at radius 2 is 0.767 bits per heavy atom. The molecule has 0 atom stereocenters. The summed E-state index contributed by atoms with van der Waals surface area (Å²) in [5.74, 6) is 0. The zero-order chi connectivity index (χ0) is 39.6. The zero-order valence-electron chi connectivity index (χ0n) is 32.8. The summed E-state index contributed by atoms with van der Waals surface area (Å²) in [6.45, 7) is 0. The van der Waals surface area contributed by atoms with Gasteiger partial charge in [0.1, 0.15) is 0 Å². The summed E-state index contributed by atoms with van der Waals surface area (Å²) >= 11 is 0. The van der Waals surface area contributed by atoms with Gasteiger partial charge in [0.2, 0.25) is 0 Å². The fourth-order valence-electron chi connectivity index (χ4n) is 9.56. The molecule has 0 aliphatic carbocycles. The average molecular weight is 763 g/mol. The lowest BCUT2D eigenvalue weighted by atomic mass is 9.94. The van der Waals surface area contributed by atoms with Crippen molar-refractivity contribution >= 4 is 82.0 Å². The molecule has 0 bridgehead atoms. The number of benzene rings is 11. The maximum atomic E-state index is 2.42. The van der Waals surface area contributed by atoms with Crippen LogP contribution in [0.25, 0.3) is 92.8 Å². The minimum Gasteiger partial charge on any atom is -0.310 e. The summed E-state index contributed by atoms with van der Waals surface area (Å²) in [6, 6.07) is 84.3. The fourth-order valence-corrected chi connectivity index (χ4v) is 9.56. The van der Waals surface area contributed by atoms with Gasteiger partial charge in [-0.25, -0.2) is 0 Å². The molecule has 12 rings (SSSR count). The first-order valence-electron chi connectivity index (χ1n) is 20.7. The average Bonchev–Trinajstić information content (AvgIpc) is 3.66. The summed E-state index contributed by atoms with van der Waals surface area (Å²) in [6.07, 6.45) is 0. The highest BCUT2D eigenvalue weighted by Gasteiger charge is 2.19. The van der Waals surface area contributed by atoms with Gasteiger partial charge in [-0.3, -0.25) is 0 Å². The number of hydrogen-bond acceptors (Lipinski definition) is 1. The van der Waals surface area contributed by atoms with Crippen LogP contribution >= 0.6 is 0 Å². The molecule has 0 saturated heterocycles. The molecule has 12 aromatic rings. The molecule has 0 aliphatic heterocycles. The number of fused-ring (bicyclic) bond motifs is 10. The Labute approximate surface area is 348 Å². The van der Waals surface area contributed by atoms with Crippen LogP contribution in [0.5, 0.6) is 0 Å². The second-order valence-corrected chi connectivity index (χ2v) is 15.7. The topological polar surface area (TPSA) is 8.17 Å². The van der Waals surface area contributed by atoms with Gasteiger partial charge in [0.25, 0.3) is 0 Å². The van der Waals surface area contributed by atoms with Gasteiger partial charge in [0.15, 0.2) is 0 Å². The molecule has 0 N–H and O–H groups in total. The van der Waals surface area contributed by atoms with E-state index >= 15 is 0 Å². The van der Waals surface area contributed by atoms with Gasteiger partial charge < -0.3 is 9.47 Å². The van der Waals surface area contributed by atoms with Crippen LogP contribution in [-0.4, -0.2) is 4.57 Å². The minimum absolute atomic E-state index is 1.09. The summed E-state index contributed by atoms with van der Waals surface area (Å²) in [5, 5.41) is 12.6. The predicted octanol–water partition coefficient (Wildman–Crippen LogP) is 16.2. The Kier molecular flexibility index (Phi) is 7.89. The van der Waals surface area contributed by atoms with E-state index in [0.29, 0.717) is 0 Å². The van der Waals surface area contributed by atoms with Gasteiger partial charge in [0, 0.05) is 33.4 Å². The van der Waals surface area contributed by atoms with Crippen LogP contribution in [0.1, 0.15) is 0 Å². The maximum Gasteiger partial charge on any atom is 0.0541 e. The fraction of sp³-hybridized carbons (Fsp3) is 0. The Balaban J connectivity index is 1.03. The lowest BCUT2D eigenvalue weighted by Gasteiger charge is -2.27. The molecule has 1 aromatic heterocycles. The SMILES string of the molecule is c1cc(-c2ccc3ccccc3c2)cc(N(c2ccc(-c3ccccc3-n3c4ccccc4c4ccccc43)cc2)c2ccc3c4ccccc4c4ccccc4c3c2)c1. The van der Waals surface area contributed by atoms with E-state index in [1.807, 2.05) is 0 Å². The molecular weight excluding hydrogens is 725 g/mol. The van der Waals surface area contributed by atoms with Gasteiger partial charge in [-0.1, -0.05) is 170 Å². The number of para-hydroxylation sites is 3. The molecule has 60 heavy (non-hydrogen) atoms. The Morgan fingerprint density at radius 3 is 1.47 bits per heavy atom. The highest BCUT2D eigenvalue weighted by Crippen LogP contribution is 2.43. The van der Waals surface area contributed by atoms with Crippen LogP contribution < -0.4 is 4.90 Å². The van der Waals surface area contributed by atoms with Crippen molar-refractivity contribution in [3.05, 3.63) is 231 Å². The molecule has 280 valence electrons. The second kappa shape index (κ2) is 13.9. The molecule has 2 nitrogen and oxygen atoms in total. The number of anilines is 3. The Hall–Kier alpha value is -7.94. The zero-order valence-corrected chi connectivity index (χ0v) is 32.8. The quantitative estimate of drug-likeness (QED) is 0.153. The van der Waals surface area contributed by atoms with Gasteiger partial charge in [-0.15, -0.1) is 0 Å². The highest BCUT2D eigenvalue weighted by molar-refractivity contribution is 6.25. The van der Waals surface area contributed by atoms with Crippen LogP contribution in [0.2, 0.25) is 0 Å². The van der Waals surface area contributed by atoms with E-state index in [-0.39, 0.29) is 0 Å². The lowest BCUT2D eigenvalue weighted by Crippen LogP contribution is -2.10. The standard InChI is InChI=1S/C58H38N2/c1-2-15-41-36-43(29-28-39(41)14-1)42-16-13-17-45(37-42)59(46-34-35-52-50-21-4-3-19-48(50)49-20-5-6-22-51(49)55(52)38-46)44-32-30-40(31-33-44)47-18-7-10-25-56(47)60-57-26-11-8-23-53(57)54-24-9-12-27-58(54)60/h1-38H. The first-order valence-corrected chi connectivity index (χ1v) is 20.7. The molecule has 2 heteroatoms. The molecule has 0 fully saturated rings.